The average Bonchev–Trinajstić information content (AvgIpc) is 2.42. The average molecular weight is 356 g/mol. The van der Waals surface area contributed by atoms with Crippen molar-refractivity contribution < 1.29 is 19.4 Å². The van der Waals surface area contributed by atoms with Crippen LogP contribution in [0, 0.1) is 0 Å². The second-order valence-corrected chi connectivity index (χ2v) is 5.42. The number of para-hydroxylation sites is 1. The molecule has 0 saturated carbocycles. The Morgan fingerprint density at radius 2 is 2.10 bits per heavy atom. The number of hydrogen-bond donors (Lipinski definition) is 1. The molecule has 114 valence electrons. The summed E-state index contributed by atoms with van der Waals surface area (Å²) in [6.45, 7) is 0.385. The number of amides is 1. The summed E-state index contributed by atoms with van der Waals surface area (Å²) in [5.41, 5.74) is 0.672. The number of nitrogens with zero attached hydrogens (tertiary/aromatic N) is 1. The maximum Gasteiger partial charge on any atom is 0.328 e. The summed E-state index contributed by atoms with van der Waals surface area (Å²) >= 11 is 3.38. The summed E-state index contributed by atoms with van der Waals surface area (Å²) in [6, 6.07) is 5.39. The van der Waals surface area contributed by atoms with Crippen LogP contribution in [-0.2, 0) is 9.59 Å². The normalized spacial score (nSPS) is 10.6. The van der Waals surface area contributed by atoms with E-state index in [9.17, 15) is 9.59 Å². The second kappa shape index (κ2) is 8.46. The maximum absolute atomic E-state index is 11.5. The van der Waals surface area contributed by atoms with Gasteiger partial charge in [0.2, 0.25) is 5.91 Å². The smallest absolute Gasteiger partial charge is 0.328 e. The molecule has 0 bridgehead atoms. The predicted octanol–water partition coefficient (Wildman–Crippen LogP) is 2.79. The van der Waals surface area contributed by atoms with Crippen molar-refractivity contribution in [3.8, 4) is 5.75 Å². The third-order valence-corrected chi connectivity index (χ3v) is 3.31. The molecule has 0 atom stereocenters. The van der Waals surface area contributed by atoms with Crippen molar-refractivity contribution in [2.75, 3.05) is 20.7 Å². The first-order valence-electron chi connectivity index (χ1n) is 6.44. The van der Waals surface area contributed by atoms with Gasteiger partial charge >= 0.3 is 5.97 Å². The highest BCUT2D eigenvalue weighted by Crippen LogP contribution is 2.30. The summed E-state index contributed by atoms with van der Waals surface area (Å²) in [5.74, 6) is -0.387. The number of hydrogen-bond acceptors (Lipinski definition) is 3. The molecular formula is C15H18BrNO4. The Labute approximate surface area is 132 Å². The van der Waals surface area contributed by atoms with Crippen LogP contribution in [0.4, 0.5) is 0 Å². The van der Waals surface area contributed by atoms with Crippen LogP contribution in [0.5, 0.6) is 5.75 Å². The van der Waals surface area contributed by atoms with E-state index in [0.29, 0.717) is 30.8 Å². The van der Waals surface area contributed by atoms with Crippen molar-refractivity contribution in [3.05, 3.63) is 34.3 Å². The summed E-state index contributed by atoms with van der Waals surface area (Å²) in [6.07, 6.45) is 3.55. The maximum atomic E-state index is 11.5. The first kappa shape index (κ1) is 17.2. The Hall–Kier alpha value is -1.82. The third-order valence-electron chi connectivity index (χ3n) is 2.68. The molecule has 0 aliphatic heterocycles. The molecule has 5 nitrogen and oxygen atoms in total. The van der Waals surface area contributed by atoms with Crippen molar-refractivity contribution in [1.82, 2.24) is 4.90 Å². The molecule has 1 N–H and O–H groups in total. The quantitative estimate of drug-likeness (QED) is 0.603. The van der Waals surface area contributed by atoms with Crippen molar-refractivity contribution in [2.24, 2.45) is 0 Å². The van der Waals surface area contributed by atoms with Gasteiger partial charge in [-0.15, -0.1) is 0 Å². The lowest BCUT2D eigenvalue weighted by Crippen LogP contribution is -2.21. The van der Waals surface area contributed by atoms with Crippen LogP contribution in [-0.4, -0.2) is 42.6 Å². The monoisotopic (exact) mass is 355 g/mol. The van der Waals surface area contributed by atoms with E-state index in [2.05, 4.69) is 15.9 Å². The molecule has 1 aromatic rings. The van der Waals surface area contributed by atoms with Crippen molar-refractivity contribution >= 4 is 33.9 Å². The van der Waals surface area contributed by atoms with Gasteiger partial charge in [-0.25, -0.2) is 4.79 Å². The molecular weight excluding hydrogens is 338 g/mol. The Balaban J connectivity index is 2.65. The molecule has 0 saturated heterocycles. The molecule has 0 fully saturated rings. The lowest BCUT2D eigenvalue weighted by Gasteiger charge is -2.12. The molecule has 6 heteroatoms. The molecule has 1 rings (SSSR count). The molecule has 1 aromatic carbocycles. The van der Waals surface area contributed by atoms with Gasteiger partial charge in [0, 0.05) is 32.2 Å². The predicted molar refractivity (Wildman–Crippen MR) is 84.2 cm³/mol. The first-order chi connectivity index (χ1) is 9.91. The number of carboxylic acids is 1. The third kappa shape index (κ3) is 5.99. The van der Waals surface area contributed by atoms with E-state index >= 15 is 0 Å². The van der Waals surface area contributed by atoms with E-state index in [4.69, 9.17) is 9.84 Å². The molecule has 0 aliphatic rings. The van der Waals surface area contributed by atoms with Crippen LogP contribution in [0.15, 0.2) is 28.7 Å². The minimum absolute atomic E-state index is 0.0525. The Morgan fingerprint density at radius 1 is 1.38 bits per heavy atom. The lowest BCUT2D eigenvalue weighted by atomic mass is 10.2. The van der Waals surface area contributed by atoms with Crippen molar-refractivity contribution in [2.45, 2.75) is 12.8 Å². The van der Waals surface area contributed by atoms with E-state index in [0.717, 1.165) is 10.5 Å². The number of aliphatic carboxylic acids is 1. The highest BCUT2D eigenvalue weighted by molar-refractivity contribution is 9.10. The Kier molecular flexibility index (Phi) is 6.94. The van der Waals surface area contributed by atoms with Crippen LogP contribution in [0.1, 0.15) is 18.4 Å². The van der Waals surface area contributed by atoms with Gasteiger partial charge in [0.05, 0.1) is 11.1 Å². The topological polar surface area (TPSA) is 66.8 Å². The number of carboxylic acid groups (broad SMARTS) is 1. The number of carbonyl (C=O) groups is 2. The molecule has 21 heavy (non-hydrogen) atoms. The summed E-state index contributed by atoms with van der Waals surface area (Å²) in [4.78, 5) is 23.6. The Morgan fingerprint density at radius 3 is 2.71 bits per heavy atom. The fraction of sp³-hybridized carbons (Fsp3) is 0.333. The van der Waals surface area contributed by atoms with Gasteiger partial charge in [-0.1, -0.05) is 12.1 Å². The molecule has 1 amide bonds. The standard InChI is InChI=1S/C15H18BrNO4/c1-17(2)13(18)7-4-10-21-15-11(8-9-14(19)20)5-3-6-12(15)16/h3,5-6,8-9H,4,7,10H2,1-2H3,(H,19,20). The van der Waals surface area contributed by atoms with E-state index in [1.54, 1.807) is 31.1 Å². The number of benzene rings is 1. The van der Waals surface area contributed by atoms with Gasteiger partial charge in [0.25, 0.3) is 0 Å². The summed E-state index contributed by atoms with van der Waals surface area (Å²) in [5, 5.41) is 8.68. The summed E-state index contributed by atoms with van der Waals surface area (Å²) < 4.78 is 6.41. The van der Waals surface area contributed by atoms with Crippen LogP contribution in [0.25, 0.3) is 6.08 Å². The number of rotatable bonds is 7. The second-order valence-electron chi connectivity index (χ2n) is 4.57. The number of halogens is 1. The molecule has 0 aliphatic carbocycles. The molecule has 0 spiro atoms. The van der Waals surface area contributed by atoms with Gasteiger partial charge in [-0.05, 0) is 34.5 Å². The molecule has 0 radical (unpaired) electrons. The summed E-state index contributed by atoms with van der Waals surface area (Å²) in [7, 11) is 3.43. The van der Waals surface area contributed by atoms with E-state index in [-0.39, 0.29) is 5.91 Å². The van der Waals surface area contributed by atoms with Gasteiger partial charge in [-0.2, -0.15) is 0 Å². The number of ether oxygens (including phenoxy) is 1. The van der Waals surface area contributed by atoms with Crippen LogP contribution >= 0.6 is 15.9 Å². The highest BCUT2D eigenvalue weighted by Gasteiger charge is 2.08. The molecule has 0 unspecified atom stereocenters. The van der Waals surface area contributed by atoms with E-state index in [1.807, 2.05) is 6.07 Å². The van der Waals surface area contributed by atoms with Crippen LogP contribution < -0.4 is 4.74 Å². The lowest BCUT2D eigenvalue weighted by molar-refractivity contribution is -0.131. The van der Waals surface area contributed by atoms with E-state index < -0.39 is 5.97 Å². The first-order valence-corrected chi connectivity index (χ1v) is 7.23. The fourth-order valence-corrected chi connectivity index (χ4v) is 2.09. The van der Waals surface area contributed by atoms with Crippen LogP contribution in [0.2, 0.25) is 0 Å². The highest BCUT2D eigenvalue weighted by atomic mass is 79.9. The van der Waals surface area contributed by atoms with Gasteiger partial charge in [-0.3, -0.25) is 4.79 Å². The van der Waals surface area contributed by atoms with Gasteiger partial charge in [0.1, 0.15) is 5.75 Å². The number of carbonyl (C=O) groups excluding carboxylic acids is 1. The van der Waals surface area contributed by atoms with Crippen LogP contribution in [0.3, 0.4) is 0 Å². The zero-order valence-corrected chi connectivity index (χ0v) is 13.6. The van der Waals surface area contributed by atoms with E-state index in [1.165, 1.54) is 6.08 Å². The Bertz CT molecular complexity index is 540. The minimum atomic E-state index is -1.02. The van der Waals surface area contributed by atoms with Gasteiger partial charge in [0.15, 0.2) is 0 Å². The largest absolute Gasteiger partial charge is 0.492 e. The zero-order chi connectivity index (χ0) is 15.8. The zero-order valence-electron chi connectivity index (χ0n) is 12.0. The minimum Gasteiger partial charge on any atom is -0.492 e. The van der Waals surface area contributed by atoms with Crippen molar-refractivity contribution in [3.63, 3.8) is 0 Å². The van der Waals surface area contributed by atoms with Crippen molar-refractivity contribution in [1.29, 1.82) is 0 Å². The fourth-order valence-electron chi connectivity index (χ4n) is 1.59. The van der Waals surface area contributed by atoms with Gasteiger partial charge < -0.3 is 14.7 Å². The molecule has 0 heterocycles. The SMILES string of the molecule is CN(C)C(=O)CCCOc1c(Br)cccc1C=CC(=O)O. The molecule has 0 aromatic heterocycles.